The Morgan fingerprint density at radius 2 is 1.86 bits per heavy atom. The fourth-order valence-corrected chi connectivity index (χ4v) is 3.92. The smallest absolute Gasteiger partial charge is 0.123 e. The number of nitrogens with one attached hydrogen (secondary N) is 1. The maximum absolute atomic E-state index is 13.4. The molecular formula is C22H24Cl2FN3O. The fraction of sp³-hybridized carbons (Fsp3) is 0.318. The third-order valence-corrected chi connectivity index (χ3v) is 5.67. The van der Waals surface area contributed by atoms with Gasteiger partial charge in [0.05, 0.1) is 18.8 Å². The molecule has 29 heavy (non-hydrogen) atoms. The summed E-state index contributed by atoms with van der Waals surface area (Å²) in [5, 5.41) is 18.5. The van der Waals surface area contributed by atoms with Crippen molar-refractivity contribution in [2.45, 2.75) is 39.4 Å². The first kappa shape index (κ1) is 21.8. The second kappa shape index (κ2) is 9.72. The molecule has 0 amide bonds. The summed E-state index contributed by atoms with van der Waals surface area (Å²) in [4.78, 5) is 0. The minimum Gasteiger partial charge on any atom is -0.394 e. The van der Waals surface area contributed by atoms with E-state index >= 15 is 0 Å². The quantitative estimate of drug-likeness (QED) is 0.522. The van der Waals surface area contributed by atoms with Crippen LogP contribution in [0.15, 0.2) is 42.5 Å². The topological polar surface area (TPSA) is 50.1 Å². The van der Waals surface area contributed by atoms with Crippen LogP contribution in [-0.4, -0.2) is 21.5 Å². The van der Waals surface area contributed by atoms with Crippen molar-refractivity contribution in [2.24, 2.45) is 0 Å². The van der Waals surface area contributed by atoms with E-state index in [0.717, 1.165) is 28.1 Å². The van der Waals surface area contributed by atoms with Crippen molar-refractivity contribution in [1.82, 2.24) is 15.1 Å². The molecule has 0 aliphatic carbocycles. The van der Waals surface area contributed by atoms with Gasteiger partial charge in [0.25, 0.3) is 0 Å². The number of aliphatic hydroxyl groups excluding tert-OH is 1. The van der Waals surface area contributed by atoms with Gasteiger partial charge in [-0.05, 0) is 55.7 Å². The molecule has 1 heterocycles. The molecule has 0 saturated carbocycles. The van der Waals surface area contributed by atoms with Crippen LogP contribution in [-0.2, 0) is 19.5 Å². The Balaban J connectivity index is 1.85. The van der Waals surface area contributed by atoms with Crippen molar-refractivity contribution in [3.05, 3.63) is 86.4 Å². The van der Waals surface area contributed by atoms with E-state index in [1.165, 1.54) is 12.1 Å². The summed E-state index contributed by atoms with van der Waals surface area (Å²) in [6.45, 7) is 5.06. The first-order valence-corrected chi connectivity index (χ1v) is 10.2. The van der Waals surface area contributed by atoms with E-state index in [0.29, 0.717) is 29.6 Å². The monoisotopic (exact) mass is 435 g/mol. The lowest BCUT2D eigenvalue weighted by molar-refractivity contribution is 0.267. The molecule has 0 saturated heterocycles. The SMILES string of the molecule is Cc1nn(CCO)c(C)c1CNC(Cc1ccc(Cl)cc1Cl)c1ccc(F)cc1. The van der Waals surface area contributed by atoms with Gasteiger partial charge in [0, 0.05) is 33.9 Å². The average molecular weight is 436 g/mol. The summed E-state index contributed by atoms with van der Waals surface area (Å²) >= 11 is 12.4. The predicted octanol–water partition coefficient (Wildman–Crippen LogP) is 5.01. The first-order valence-electron chi connectivity index (χ1n) is 9.45. The standard InChI is InChI=1S/C22H24Cl2FN3O/c1-14-20(15(2)28(27-14)9-10-29)13-26-22(16-4-7-19(25)8-5-16)11-17-3-6-18(23)12-21(17)24/h3-8,12,22,26,29H,9-11,13H2,1-2H3. The van der Waals surface area contributed by atoms with Gasteiger partial charge in [0.15, 0.2) is 0 Å². The molecule has 0 spiro atoms. The predicted molar refractivity (Wildman–Crippen MR) is 115 cm³/mol. The molecule has 2 N–H and O–H groups in total. The number of benzene rings is 2. The molecule has 3 aromatic rings. The largest absolute Gasteiger partial charge is 0.394 e. The maximum atomic E-state index is 13.4. The number of hydrogen-bond acceptors (Lipinski definition) is 3. The van der Waals surface area contributed by atoms with Crippen LogP contribution in [0.25, 0.3) is 0 Å². The molecule has 2 aromatic carbocycles. The van der Waals surface area contributed by atoms with Crippen molar-refractivity contribution in [3.63, 3.8) is 0 Å². The van der Waals surface area contributed by atoms with Gasteiger partial charge in [0.2, 0.25) is 0 Å². The van der Waals surface area contributed by atoms with Crippen LogP contribution in [0, 0.1) is 19.7 Å². The molecule has 1 atom stereocenters. The fourth-order valence-electron chi connectivity index (χ4n) is 3.44. The van der Waals surface area contributed by atoms with Crippen LogP contribution in [0.4, 0.5) is 4.39 Å². The van der Waals surface area contributed by atoms with Crippen LogP contribution >= 0.6 is 23.2 Å². The van der Waals surface area contributed by atoms with E-state index in [2.05, 4.69) is 10.4 Å². The van der Waals surface area contributed by atoms with E-state index in [9.17, 15) is 9.50 Å². The second-order valence-electron chi connectivity index (χ2n) is 7.02. The van der Waals surface area contributed by atoms with Crippen LogP contribution in [0.3, 0.4) is 0 Å². The summed E-state index contributed by atoms with van der Waals surface area (Å²) in [5.41, 5.74) is 4.96. The lowest BCUT2D eigenvalue weighted by Gasteiger charge is -2.21. The molecule has 0 aliphatic heterocycles. The number of aromatic nitrogens is 2. The van der Waals surface area contributed by atoms with Crippen molar-refractivity contribution >= 4 is 23.2 Å². The first-order chi connectivity index (χ1) is 13.9. The number of aryl methyl sites for hydroxylation is 1. The molecule has 4 nitrogen and oxygen atoms in total. The van der Waals surface area contributed by atoms with Crippen molar-refractivity contribution < 1.29 is 9.50 Å². The van der Waals surface area contributed by atoms with E-state index in [4.69, 9.17) is 23.2 Å². The number of hydrogen-bond donors (Lipinski definition) is 2. The van der Waals surface area contributed by atoms with Crippen molar-refractivity contribution in [3.8, 4) is 0 Å². The Labute approximate surface area is 180 Å². The van der Waals surface area contributed by atoms with Gasteiger partial charge in [0.1, 0.15) is 5.82 Å². The summed E-state index contributed by atoms with van der Waals surface area (Å²) in [6, 6.07) is 11.9. The van der Waals surface area contributed by atoms with E-state index < -0.39 is 0 Å². The summed E-state index contributed by atoms with van der Waals surface area (Å²) in [7, 11) is 0. The third-order valence-electron chi connectivity index (χ3n) is 5.08. The van der Waals surface area contributed by atoms with Gasteiger partial charge in [-0.1, -0.05) is 41.4 Å². The molecule has 0 radical (unpaired) electrons. The Kier molecular flexibility index (Phi) is 7.30. The molecular weight excluding hydrogens is 412 g/mol. The van der Waals surface area contributed by atoms with Crippen LogP contribution < -0.4 is 5.32 Å². The molecule has 0 fully saturated rings. The Morgan fingerprint density at radius 1 is 1.14 bits per heavy atom. The number of aliphatic hydroxyl groups is 1. The van der Waals surface area contributed by atoms with Gasteiger partial charge < -0.3 is 10.4 Å². The number of rotatable bonds is 8. The molecule has 154 valence electrons. The van der Waals surface area contributed by atoms with Crippen LogP contribution in [0.5, 0.6) is 0 Å². The molecule has 0 bridgehead atoms. The Morgan fingerprint density at radius 3 is 2.52 bits per heavy atom. The molecule has 1 aromatic heterocycles. The lowest BCUT2D eigenvalue weighted by atomic mass is 9.98. The lowest BCUT2D eigenvalue weighted by Crippen LogP contribution is -2.24. The zero-order valence-corrected chi connectivity index (χ0v) is 17.9. The van der Waals surface area contributed by atoms with E-state index in [1.807, 2.05) is 30.7 Å². The van der Waals surface area contributed by atoms with Crippen LogP contribution in [0.2, 0.25) is 10.0 Å². The van der Waals surface area contributed by atoms with E-state index in [-0.39, 0.29) is 18.5 Å². The van der Waals surface area contributed by atoms with Gasteiger partial charge in [-0.25, -0.2) is 4.39 Å². The second-order valence-corrected chi connectivity index (χ2v) is 7.86. The number of halogens is 3. The highest BCUT2D eigenvalue weighted by Gasteiger charge is 2.17. The van der Waals surface area contributed by atoms with Gasteiger partial charge >= 0.3 is 0 Å². The zero-order valence-electron chi connectivity index (χ0n) is 16.4. The molecule has 1 unspecified atom stereocenters. The molecule has 0 aliphatic rings. The minimum atomic E-state index is -0.269. The molecule has 3 rings (SSSR count). The summed E-state index contributed by atoms with van der Waals surface area (Å²) < 4.78 is 15.2. The highest BCUT2D eigenvalue weighted by molar-refractivity contribution is 6.35. The zero-order chi connectivity index (χ0) is 21.0. The average Bonchev–Trinajstić information content (AvgIpc) is 2.95. The third kappa shape index (κ3) is 5.37. The van der Waals surface area contributed by atoms with Gasteiger partial charge in [-0.15, -0.1) is 0 Å². The Hall–Kier alpha value is -1.92. The van der Waals surface area contributed by atoms with Crippen molar-refractivity contribution in [2.75, 3.05) is 6.61 Å². The summed E-state index contributed by atoms with van der Waals surface area (Å²) in [5.74, 6) is -0.269. The maximum Gasteiger partial charge on any atom is 0.123 e. The number of nitrogens with zero attached hydrogens (tertiary/aromatic N) is 2. The highest BCUT2D eigenvalue weighted by Crippen LogP contribution is 2.27. The summed E-state index contributed by atoms with van der Waals surface area (Å²) in [6.07, 6.45) is 0.629. The highest BCUT2D eigenvalue weighted by atomic mass is 35.5. The minimum absolute atomic E-state index is 0.0437. The van der Waals surface area contributed by atoms with Gasteiger partial charge in [-0.2, -0.15) is 5.10 Å². The van der Waals surface area contributed by atoms with Crippen LogP contribution in [0.1, 0.15) is 34.1 Å². The van der Waals surface area contributed by atoms with Gasteiger partial charge in [-0.3, -0.25) is 4.68 Å². The van der Waals surface area contributed by atoms with E-state index in [1.54, 1.807) is 18.2 Å². The van der Waals surface area contributed by atoms with Crippen molar-refractivity contribution in [1.29, 1.82) is 0 Å². The normalized spacial score (nSPS) is 12.3. The Bertz CT molecular complexity index is 973. The molecule has 7 heteroatoms.